The number of amides is 1. The second kappa shape index (κ2) is 9.04. The molecule has 2 heterocycles. The topological polar surface area (TPSA) is 58.4 Å². The normalized spacial score (nSPS) is 16.5. The maximum atomic E-state index is 13.2. The van der Waals surface area contributed by atoms with Crippen LogP contribution in [0.1, 0.15) is 23.2 Å². The van der Waals surface area contributed by atoms with Gasteiger partial charge in [0.15, 0.2) is 5.76 Å². The van der Waals surface area contributed by atoms with Gasteiger partial charge in [0.2, 0.25) is 5.89 Å². The zero-order chi connectivity index (χ0) is 18.6. The third kappa shape index (κ3) is 4.11. The molecule has 0 bridgehead atoms. The summed E-state index contributed by atoms with van der Waals surface area (Å²) in [7, 11) is 1.95. The average molecular weight is 398 g/mol. The number of piperidine rings is 1. The first-order valence-corrected chi connectivity index (χ1v) is 9.33. The highest BCUT2D eigenvalue weighted by molar-refractivity contribution is 6.00. The molecule has 1 atom stereocenters. The molecule has 146 valence electrons. The second-order valence-electron chi connectivity index (χ2n) is 6.82. The molecule has 3 aromatic rings. The SMILES string of the molecule is CNC1CCCN(C(=O)c2ccccc2-c2ncc(-c3ccccc3)o2)C1.Cl. The maximum Gasteiger partial charge on any atom is 0.254 e. The number of hydrogen-bond acceptors (Lipinski definition) is 4. The third-order valence-corrected chi connectivity index (χ3v) is 5.07. The Balaban J connectivity index is 0.00000225. The van der Waals surface area contributed by atoms with Gasteiger partial charge < -0.3 is 14.6 Å². The Morgan fingerprint density at radius 2 is 1.89 bits per heavy atom. The van der Waals surface area contributed by atoms with E-state index in [1.165, 1.54) is 0 Å². The van der Waals surface area contributed by atoms with E-state index in [1.54, 1.807) is 6.20 Å². The minimum atomic E-state index is 0. The summed E-state index contributed by atoms with van der Waals surface area (Å²) < 4.78 is 5.98. The molecular formula is C22H24ClN3O2. The van der Waals surface area contributed by atoms with E-state index in [0.29, 0.717) is 23.3 Å². The van der Waals surface area contributed by atoms with E-state index in [2.05, 4.69) is 10.3 Å². The van der Waals surface area contributed by atoms with Crippen molar-refractivity contribution in [1.82, 2.24) is 15.2 Å². The monoisotopic (exact) mass is 397 g/mol. The molecule has 1 unspecified atom stereocenters. The molecule has 4 rings (SSSR count). The number of rotatable bonds is 4. The average Bonchev–Trinajstić information content (AvgIpc) is 3.24. The van der Waals surface area contributed by atoms with Crippen LogP contribution < -0.4 is 5.32 Å². The first-order valence-electron chi connectivity index (χ1n) is 9.33. The van der Waals surface area contributed by atoms with Crippen molar-refractivity contribution >= 4 is 18.3 Å². The molecule has 0 aliphatic carbocycles. The van der Waals surface area contributed by atoms with Crippen LogP contribution in [0.15, 0.2) is 65.2 Å². The summed E-state index contributed by atoms with van der Waals surface area (Å²) in [6, 6.07) is 17.7. The number of carbonyl (C=O) groups excluding carboxylic acids is 1. The number of likely N-dealkylation sites (N-methyl/N-ethyl adjacent to an activating group) is 1. The molecule has 1 aromatic heterocycles. The predicted octanol–water partition coefficient (Wildman–Crippen LogP) is 4.25. The summed E-state index contributed by atoms with van der Waals surface area (Å²) in [6.07, 6.45) is 3.82. The fourth-order valence-electron chi connectivity index (χ4n) is 3.56. The molecule has 0 spiro atoms. The molecule has 5 nitrogen and oxygen atoms in total. The van der Waals surface area contributed by atoms with E-state index in [1.807, 2.05) is 66.5 Å². The van der Waals surface area contributed by atoms with E-state index in [-0.39, 0.29) is 18.3 Å². The largest absolute Gasteiger partial charge is 0.436 e. The Morgan fingerprint density at radius 1 is 1.14 bits per heavy atom. The number of oxazole rings is 1. The minimum Gasteiger partial charge on any atom is -0.436 e. The van der Waals surface area contributed by atoms with E-state index in [9.17, 15) is 4.79 Å². The fraction of sp³-hybridized carbons (Fsp3) is 0.273. The van der Waals surface area contributed by atoms with E-state index < -0.39 is 0 Å². The third-order valence-electron chi connectivity index (χ3n) is 5.07. The number of likely N-dealkylation sites (tertiary alicyclic amines) is 1. The number of benzene rings is 2. The van der Waals surface area contributed by atoms with Gasteiger partial charge in [0.1, 0.15) is 0 Å². The maximum absolute atomic E-state index is 13.2. The Kier molecular flexibility index (Phi) is 6.49. The standard InChI is InChI=1S/C22H23N3O2.ClH/c1-23-17-10-7-13-25(15-17)22(26)19-12-6-5-11-18(19)21-24-14-20(27-21)16-8-3-2-4-9-16;/h2-6,8-9,11-12,14,17,23H,7,10,13,15H2,1H3;1H. The molecule has 6 heteroatoms. The Bertz CT molecular complexity index is 926. The molecule has 1 N–H and O–H groups in total. The van der Waals surface area contributed by atoms with Gasteiger partial charge in [0.25, 0.3) is 5.91 Å². The molecule has 2 aromatic carbocycles. The van der Waals surface area contributed by atoms with Gasteiger partial charge in [0, 0.05) is 30.3 Å². The minimum absolute atomic E-state index is 0. The highest BCUT2D eigenvalue weighted by atomic mass is 35.5. The zero-order valence-electron chi connectivity index (χ0n) is 15.8. The lowest BCUT2D eigenvalue weighted by molar-refractivity contribution is 0.0698. The van der Waals surface area contributed by atoms with Gasteiger partial charge in [-0.25, -0.2) is 4.98 Å². The molecule has 1 aliphatic heterocycles. The highest BCUT2D eigenvalue weighted by Crippen LogP contribution is 2.29. The summed E-state index contributed by atoms with van der Waals surface area (Å²) in [5.41, 5.74) is 2.33. The van der Waals surface area contributed by atoms with Crippen LogP contribution in [0.3, 0.4) is 0 Å². The zero-order valence-corrected chi connectivity index (χ0v) is 16.6. The Morgan fingerprint density at radius 3 is 2.68 bits per heavy atom. The van der Waals surface area contributed by atoms with Gasteiger partial charge in [-0.2, -0.15) is 0 Å². The van der Waals surface area contributed by atoms with Crippen molar-refractivity contribution in [2.75, 3.05) is 20.1 Å². The van der Waals surface area contributed by atoms with Crippen LogP contribution in [0.25, 0.3) is 22.8 Å². The van der Waals surface area contributed by atoms with Crippen molar-refractivity contribution in [3.8, 4) is 22.8 Å². The molecular weight excluding hydrogens is 374 g/mol. The van der Waals surface area contributed by atoms with E-state index >= 15 is 0 Å². The fourth-order valence-corrected chi connectivity index (χ4v) is 3.56. The first kappa shape index (κ1) is 20.1. The summed E-state index contributed by atoms with van der Waals surface area (Å²) >= 11 is 0. The van der Waals surface area contributed by atoms with Gasteiger partial charge in [0.05, 0.1) is 11.8 Å². The lowest BCUT2D eigenvalue weighted by atomic mass is 10.0. The lowest BCUT2D eigenvalue weighted by Crippen LogP contribution is -2.47. The van der Waals surface area contributed by atoms with Crippen molar-refractivity contribution in [1.29, 1.82) is 0 Å². The Labute approximate surface area is 171 Å². The number of aromatic nitrogens is 1. The van der Waals surface area contributed by atoms with Crippen LogP contribution in [0.5, 0.6) is 0 Å². The van der Waals surface area contributed by atoms with Gasteiger partial charge in [-0.15, -0.1) is 12.4 Å². The number of halogens is 1. The van der Waals surface area contributed by atoms with Crippen molar-refractivity contribution in [2.24, 2.45) is 0 Å². The van der Waals surface area contributed by atoms with Gasteiger partial charge in [-0.3, -0.25) is 4.79 Å². The molecule has 0 radical (unpaired) electrons. The number of nitrogens with zero attached hydrogens (tertiary/aromatic N) is 2. The van der Waals surface area contributed by atoms with Crippen LogP contribution in [-0.4, -0.2) is 42.0 Å². The summed E-state index contributed by atoms with van der Waals surface area (Å²) in [5.74, 6) is 1.20. The molecule has 1 saturated heterocycles. The first-order chi connectivity index (χ1) is 13.3. The van der Waals surface area contributed by atoms with Crippen LogP contribution in [0, 0.1) is 0 Å². The second-order valence-corrected chi connectivity index (χ2v) is 6.82. The van der Waals surface area contributed by atoms with E-state index in [0.717, 1.165) is 37.1 Å². The predicted molar refractivity (Wildman–Crippen MR) is 113 cm³/mol. The number of hydrogen-bond donors (Lipinski definition) is 1. The Hall–Kier alpha value is -2.63. The highest BCUT2D eigenvalue weighted by Gasteiger charge is 2.26. The van der Waals surface area contributed by atoms with Crippen molar-refractivity contribution in [2.45, 2.75) is 18.9 Å². The molecule has 1 aliphatic rings. The smallest absolute Gasteiger partial charge is 0.254 e. The summed E-state index contributed by atoms with van der Waals surface area (Å²) in [6.45, 7) is 1.51. The van der Waals surface area contributed by atoms with Crippen LogP contribution in [0.2, 0.25) is 0 Å². The molecule has 0 saturated carbocycles. The van der Waals surface area contributed by atoms with Gasteiger partial charge in [-0.1, -0.05) is 42.5 Å². The number of carbonyl (C=O) groups is 1. The van der Waals surface area contributed by atoms with Crippen LogP contribution in [-0.2, 0) is 0 Å². The van der Waals surface area contributed by atoms with Crippen LogP contribution in [0.4, 0.5) is 0 Å². The molecule has 28 heavy (non-hydrogen) atoms. The molecule has 1 amide bonds. The van der Waals surface area contributed by atoms with Gasteiger partial charge >= 0.3 is 0 Å². The summed E-state index contributed by atoms with van der Waals surface area (Å²) in [5, 5.41) is 3.28. The van der Waals surface area contributed by atoms with Crippen molar-refractivity contribution in [3.63, 3.8) is 0 Å². The van der Waals surface area contributed by atoms with Crippen molar-refractivity contribution < 1.29 is 9.21 Å². The summed E-state index contributed by atoms with van der Waals surface area (Å²) in [4.78, 5) is 19.5. The lowest BCUT2D eigenvalue weighted by Gasteiger charge is -2.32. The molecule has 1 fully saturated rings. The van der Waals surface area contributed by atoms with Crippen molar-refractivity contribution in [3.05, 3.63) is 66.4 Å². The number of nitrogens with one attached hydrogen (secondary N) is 1. The van der Waals surface area contributed by atoms with Crippen LogP contribution >= 0.6 is 12.4 Å². The van der Waals surface area contributed by atoms with E-state index in [4.69, 9.17) is 4.42 Å². The quantitative estimate of drug-likeness (QED) is 0.714. The van der Waals surface area contributed by atoms with Gasteiger partial charge in [-0.05, 0) is 32.0 Å².